The van der Waals surface area contributed by atoms with Crippen LogP contribution in [0.15, 0.2) is 35.2 Å². The molecule has 0 aromatic heterocycles. The van der Waals surface area contributed by atoms with E-state index in [2.05, 4.69) is 17.4 Å². The van der Waals surface area contributed by atoms with E-state index in [-0.39, 0.29) is 5.97 Å². The van der Waals surface area contributed by atoms with Gasteiger partial charge in [-0.3, -0.25) is 0 Å². The summed E-state index contributed by atoms with van der Waals surface area (Å²) in [5.41, 5.74) is 0.899. The average Bonchev–Trinajstić information content (AvgIpc) is 2.16. The van der Waals surface area contributed by atoms with Crippen LogP contribution in [-0.4, -0.2) is 13.1 Å². The number of esters is 1. The fraction of sp³-hybridized carbons (Fsp3) is 0.100. The van der Waals surface area contributed by atoms with Crippen molar-refractivity contribution in [2.24, 2.45) is 0 Å². The van der Waals surface area contributed by atoms with E-state index < -0.39 is 0 Å². The fourth-order valence-electron chi connectivity index (χ4n) is 0.854. The molecule has 0 saturated carbocycles. The molecule has 3 heteroatoms. The highest BCUT2D eigenvalue weighted by molar-refractivity contribution is 7.80. The molecular weight excluding hydrogens is 184 g/mol. The first-order valence-corrected chi connectivity index (χ1v) is 4.23. The molecule has 0 fully saturated rings. The van der Waals surface area contributed by atoms with Crippen LogP contribution in [0.1, 0.15) is 5.56 Å². The standard InChI is InChI=1S/C10H10O2S/c1-12-10(11)7-6-8-4-2-3-5-9(8)13/h2-7,13H,1H3. The predicted octanol–water partition coefficient (Wildman–Crippen LogP) is 2.16. The van der Waals surface area contributed by atoms with Gasteiger partial charge in [0.25, 0.3) is 0 Å². The Hall–Kier alpha value is -1.22. The van der Waals surface area contributed by atoms with E-state index in [0.29, 0.717) is 0 Å². The average molecular weight is 194 g/mol. The first-order chi connectivity index (χ1) is 6.24. The second-order valence-corrected chi connectivity index (χ2v) is 2.90. The minimum atomic E-state index is -0.364. The zero-order chi connectivity index (χ0) is 9.68. The number of hydrogen-bond donors (Lipinski definition) is 1. The molecule has 0 saturated heterocycles. The van der Waals surface area contributed by atoms with Gasteiger partial charge < -0.3 is 4.74 Å². The smallest absolute Gasteiger partial charge is 0.330 e. The third kappa shape index (κ3) is 2.95. The Morgan fingerprint density at radius 2 is 2.15 bits per heavy atom. The molecule has 1 aromatic carbocycles. The summed E-state index contributed by atoms with van der Waals surface area (Å²) < 4.78 is 4.46. The first-order valence-electron chi connectivity index (χ1n) is 3.78. The quantitative estimate of drug-likeness (QED) is 0.443. The van der Waals surface area contributed by atoms with Crippen molar-refractivity contribution in [3.8, 4) is 0 Å². The van der Waals surface area contributed by atoms with Gasteiger partial charge in [0, 0.05) is 11.0 Å². The lowest BCUT2D eigenvalue weighted by atomic mass is 10.2. The maximum absolute atomic E-state index is 10.8. The highest BCUT2D eigenvalue weighted by atomic mass is 32.1. The molecule has 2 nitrogen and oxygen atoms in total. The molecule has 0 aliphatic carbocycles. The summed E-state index contributed by atoms with van der Waals surface area (Å²) >= 11 is 4.23. The van der Waals surface area contributed by atoms with Crippen LogP contribution in [0.4, 0.5) is 0 Å². The van der Waals surface area contributed by atoms with Crippen molar-refractivity contribution in [1.82, 2.24) is 0 Å². The van der Waals surface area contributed by atoms with Crippen molar-refractivity contribution in [3.05, 3.63) is 35.9 Å². The Balaban J connectivity index is 2.80. The van der Waals surface area contributed by atoms with Crippen molar-refractivity contribution in [1.29, 1.82) is 0 Å². The Morgan fingerprint density at radius 1 is 1.46 bits per heavy atom. The van der Waals surface area contributed by atoms with Crippen LogP contribution in [0.5, 0.6) is 0 Å². The van der Waals surface area contributed by atoms with Gasteiger partial charge in [-0.15, -0.1) is 12.6 Å². The number of hydrogen-bond acceptors (Lipinski definition) is 3. The Labute approximate surface area is 82.6 Å². The molecular formula is C10H10O2S. The molecule has 1 rings (SSSR count). The molecule has 0 radical (unpaired) electrons. The number of methoxy groups -OCH3 is 1. The molecule has 0 unspecified atom stereocenters. The van der Waals surface area contributed by atoms with E-state index in [1.165, 1.54) is 13.2 Å². The minimum Gasteiger partial charge on any atom is -0.466 e. The molecule has 1 aromatic rings. The van der Waals surface area contributed by atoms with Gasteiger partial charge in [0.1, 0.15) is 0 Å². The highest BCUT2D eigenvalue weighted by Crippen LogP contribution is 2.14. The van der Waals surface area contributed by atoms with Gasteiger partial charge in [0.2, 0.25) is 0 Å². The van der Waals surface area contributed by atoms with E-state index in [1.807, 2.05) is 24.3 Å². The van der Waals surface area contributed by atoms with Crippen molar-refractivity contribution in [3.63, 3.8) is 0 Å². The molecule has 0 aliphatic rings. The molecule has 68 valence electrons. The number of benzene rings is 1. The summed E-state index contributed by atoms with van der Waals surface area (Å²) in [5.74, 6) is -0.364. The summed E-state index contributed by atoms with van der Waals surface area (Å²) in [7, 11) is 1.35. The summed E-state index contributed by atoms with van der Waals surface area (Å²) in [5, 5.41) is 0. The Kier molecular flexibility index (Phi) is 3.58. The van der Waals surface area contributed by atoms with Crippen LogP contribution in [0.3, 0.4) is 0 Å². The van der Waals surface area contributed by atoms with E-state index >= 15 is 0 Å². The topological polar surface area (TPSA) is 26.3 Å². The van der Waals surface area contributed by atoms with E-state index in [1.54, 1.807) is 6.08 Å². The molecule has 0 N–H and O–H groups in total. The van der Waals surface area contributed by atoms with Crippen LogP contribution in [0.25, 0.3) is 6.08 Å². The van der Waals surface area contributed by atoms with Crippen molar-refractivity contribution < 1.29 is 9.53 Å². The zero-order valence-electron chi connectivity index (χ0n) is 7.23. The normalized spacial score (nSPS) is 10.3. The van der Waals surface area contributed by atoms with E-state index in [4.69, 9.17) is 0 Å². The summed E-state index contributed by atoms with van der Waals surface area (Å²) in [6, 6.07) is 7.51. The maximum atomic E-state index is 10.8. The van der Waals surface area contributed by atoms with Gasteiger partial charge in [0.15, 0.2) is 0 Å². The Morgan fingerprint density at radius 3 is 2.77 bits per heavy atom. The second-order valence-electron chi connectivity index (χ2n) is 2.42. The first kappa shape index (κ1) is 9.86. The number of rotatable bonds is 2. The molecule has 0 bridgehead atoms. The van der Waals surface area contributed by atoms with Gasteiger partial charge in [-0.2, -0.15) is 0 Å². The number of carbonyl (C=O) groups is 1. The lowest BCUT2D eigenvalue weighted by molar-refractivity contribution is -0.134. The van der Waals surface area contributed by atoms with Crippen molar-refractivity contribution in [2.45, 2.75) is 4.90 Å². The summed E-state index contributed by atoms with van der Waals surface area (Å²) in [6.07, 6.45) is 3.04. The van der Waals surface area contributed by atoms with Crippen molar-refractivity contribution >= 4 is 24.7 Å². The second kappa shape index (κ2) is 4.72. The van der Waals surface area contributed by atoms with E-state index in [9.17, 15) is 4.79 Å². The lowest BCUT2D eigenvalue weighted by Gasteiger charge is -1.96. The van der Waals surface area contributed by atoms with Crippen LogP contribution in [0.2, 0.25) is 0 Å². The van der Waals surface area contributed by atoms with Gasteiger partial charge in [-0.25, -0.2) is 4.79 Å². The third-order valence-corrected chi connectivity index (χ3v) is 1.94. The SMILES string of the molecule is COC(=O)C=Cc1ccccc1S. The van der Waals surface area contributed by atoms with Gasteiger partial charge in [0.05, 0.1) is 7.11 Å². The molecule has 0 aliphatic heterocycles. The predicted molar refractivity (Wildman–Crippen MR) is 54.7 cm³/mol. The van der Waals surface area contributed by atoms with Crippen LogP contribution in [0, 0.1) is 0 Å². The molecule has 0 atom stereocenters. The lowest BCUT2D eigenvalue weighted by Crippen LogP contribution is -1.93. The van der Waals surface area contributed by atoms with Gasteiger partial charge in [-0.05, 0) is 17.7 Å². The Bertz CT molecular complexity index is 331. The van der Waals surface area contributed by atoms with Gasteiger partial charge in [-0.1, -0.05) is 18.2 Å². The number of ether oxygens (including phenoxy) is 1. The molecule has 0 amide bonds. The van der Waals surface area contributed by atoms with Gasteiger partial charge >= 0.3 is 5.97 Å². The summed E-state index contributed by atoms with van der Waals surface area (Å²) in [6.45, 7) is 0. The summed E-state index contributed by atoms with van der Waals surface area (Å²) in [4.78, 5) is 11.6. The van der Waals surface area contributed by atoms with Crippen LogP contribution < -0.4 is 0 Å². The maximum Gasteiger partial charge on any atom is 0.330 e. The fourth-order valence-corrected chi connectivity index (χ4v) is 1.09. The third-order valence-electron chi connectivity index (χ3n) is 1.54. The largest absolute Gasteiger partial charge is 0.466 e. The molecule has 0 spiro atoms. The molecule has 13 heavy (non-hydrogen) atoms. The highest BCUT2D eigenvalue weighted by Gasteiger charge is 1.94. The van der Waals surface area contributed by atoms with Crippen molar-refractivity contribution in [2.75, 3.05) is 7.11 Å². The molecule has 0 heterocycles. The number of thiol groups is 1. The minimum absolute atomic E-state index is 0.364. The van der Waals surface area contributed by atoms with E-state index in [0.717, 1.165) is 10.5 Å². The number of carbonyl (C=O) groups excluding carboxylic acids is 1. The van der Waals surface area contributed by atoms with Crippen LogP contribution >= 0.6 is 12.6 Å². The zero-order valence-corrected chi connectivity index (χ0v) is 8.12. The van der Waals surface area contributed by atoms with Crippen LogP contribution in [-0.2, 0) is 9.53 Å². The monoisotopic (exact) mass is 194 g/mol.